The van der Waals surface area contributed by atoms with E-state index in [-0.39, 0.29) is 11.8 Å². The number of hydrogen-bond donors (Lipinski definition) is 2. The topological polar surface area (TPSA) is 59.0 Å². The summed E-state index contributed by atoms with van der Waals surface area (Å²) in [6.45, 7) is 5.69. The first-order valence-electron chi connectivity index (χ1n) is 5.60. The standard InChI is InChI=1S/C11H18N4O/c1-7-5-12-6-9(7)11(16)13-10-4-8(2)14-15(10)3/h4,7,9,12H,5-6H2,1-3H3,(H,13,16). The Kier molecular flexibility index (Phi) is 2.96. The lowest BCUT2D eigenvalue weighted by atomic mass is 9.97. The lowest BCUT2D eigenvalue weighted by molar-refractivity contribution is -0.120. The zero-order valence-electron chi connectivity index (χ0n) is 9.95. The van der Waals surface area contributed by atoms with Crippen LogP contribution < -0.4 is 10.6 Å². The van der Waals surface area contributed by atoms with Crippen molar-refractivity contribution in [3.8, 4) is 0 Å². The highest BCUT2D eigenvalue weighted by Crippen LogP contribution is 2.18. The number of rotatable bonds is 2. The first kappa shape index (κ1) is 11.1. The van der Waals surface area contributed by atoms with Gasteiger partial charge in [-0.2, -0.15) is 5.10 Å². The predicted molar refractivity (Wildman–Crippen MR) is 62.1 cm³/mol. The van der Waals surface area contributed by atoms with Crippen LogP contribution in [0.4, 0.5) is 5.82 Å². The van der Waals surface area contributed by atoms with Gasteiger partial charge in [0.2, 0.25) is 5.91 Å². The highest BCUT2D eigenvalue weighted by atomic mass is 16.2. The quantitative estimate of drug-likeness (QED) is 0.767. The number of hydrogen-bond acceptors (Lipinski definition) is 3. The third kappa shape index (κ3) is 2.09. The van der Waals surface area contributed by atoms with E-state index in [2.05, 4.69) is 22.7 Å². The van der Waals surface area contributed by atoms with Gasteiger partial charge in [-0.1, -0.05) is 6.92 Å². The highest BCUT2D eigenvalue weighted by molar-refractivity contribution is 5.92. The van der Waals surface area contributed by atoms with E-state index in [4.69, 9.17) is 0 Å². The maximum atomic E-state index is 12.0. The van der Waals surface area contributed by atoms with Gasteiger partial charge in [0, 0.05) is 19.7 Å². The van der Waals surface area contributed by atoms with Gasteiger partial charge in [-0.3, -0.25) is 9.48 Å². The molecule has 1 aliphatic heterocycles. The minimum atomic E-state index is 0.0650. The fraction of sp³-hybridized carbons (Fsp3) is 0.636. The minimum Gasteiger partial charge on any atom is -0.316 e. The normalized spacial score (nSPS) is 24.7. The summed E-state index contributed by atoms with van der Waals surface area (Å²) in [5.74, 6) is 1.31. The number of nitrogens with one attached hydrogen (secondary N) is 2. The van der Waals surface area contributed by atoms with E-state index in [0.717, 1.165) is 24.6 Å². The van der Waals surface area contributed by atoms with Gasteiger partial charge in [0.25, 0.3) is 0 Å². The molecule has 0 aliphatic carbocycles. The molecular formula is C11H18N4O. The third-order valence-corrected chi connectivity index (χ3v) is 3.11. The van der Waals surface area contributed by atoms with Crippen LogP contribution in [-0.4, -0.2) is 28.8 Å². The molecule has 0 bridgehead atoms. The van der Waals surface area contributed by atoms with Gasteiger partial charge in [0.1, 0.15) is 5.82 Å². The number of nitrogens with zero attached hydrogens (tertiary/aromatic N) is 2. The number of aryl methyl sites for hydroxylation is 2. The Balaban J connectivity index is 2.04. The van der Waals surface area contributed by atoms with Crippen LogP contribution in [0.3, 0.4) is 0 Å². The highest BCUT2D eigenvalue weighted by Gasteiger charge is 2.29. The Labute approximate surface area is 95.2 Å². The molecule has 88 valence electrons. The van der Waals surface area contributed by atoms with Crippen LogP contribution in [0.5, 0.6) is 0 Å². The van der Waals surface area contributed by atoms with E-state index in [9.17, 15) is 4.79 Å². The first-order chi connectivity index (χ1) is 7.58. The van der Waals surface area contributed by atoms with Crippen molar-refractivity contribution >= 4 is 11.7 Å². The maximum Gasteiger partial charge on any atom is 0.230 e. The first-order valence-corrected chi connectivity index (χ1v) is 5.60. The Morgan fingerprint density at radius 2 is 2.38 bits per heavy atom. The molecule has 1 saturated heterocycles. The SMILES string of the molecule is Cc1cc(NC(=O)C2CNCC2C)n(C)n1. The van der Waals surface area contributed by atoms with Crippen molar-refractivity contribution in [2.45, 2.75) is 13.8 Å². The summed E-state index contributed by atoms with van der Waals surface area (Å²) < 4.78 is 1.69. The zero-order valence-corrected chi connectivity index (χ0v) is 9.95. The number of aromatic nitrogens is 2. The van der Waals surface area contributed by atoms with Crippen LogP contribution >= 0.6 is 0 Å². The van der Waals surface area contributed by atoms with Gasteiger partial charge in [-0.05, 0) is 19.4 Å². The van der Waals surface area contributed by atoms with Crippen molar-refractivity contribution in [3.63, 3.8) is 0 Å². The number of carbonyl (C=O) groups is 1. The molecule has 1 aromatic rings. The van der Waals surface area contributed by atoms with Crippen LogP contribution in [0.1, 0.15) is 12.6 Å². The second kappa shape index (κ2) is 4.25. The fourth-order valence-electron chi connectivity index (χ4n) is 2.11. The lowest BCUT2D eigenvalue weighted by Crippen LogP contribution is -2.28. The Hall–Kier alpha value is -1.36. The summed E-state index contributed by atoms with van der Waals surface area (Å²) in [6, 6.07) is 1.88. The smallest absolute Gasteiger partial charge is 0.230 e. The monoisotopic (exact) mass is 222 g/mol. The second-order valence-corrected chi connectivity index (χ2v) is 4.53. The molecule has 0 spiro atoms. The van der Waals surface area contributed by atoms with Crippen LogP contribution in [0, 0.1) is 18.8 Å². The summed E-state index contributed by atoms with van der Waals surface area (Å²) in [7, 11) is 1.83. The van der Waals surface area contributed by atoms with Gasteiger partial charge < -0.3 is 10.6 Å². The fourth-order valence-corrected chi connectivity index (χ4v) is 2.11. The van der Waals surface area contributed by atoms with Crippen molar-refractivity contribution in [2.75, 3.05) is 18.4 Å². The Morgan fingerprint density at radius 1 is 1.62 bits per heavy atom. The van der Waals surface area contributed by atoms with Crippen molar-refractivity contribution in [1.82, 2.24) is 15.1 Å². The molecule has 0 radical (unpaired) electrons. The van der Waals surface area contributed by atoms with E-state index in [0.29, 0.717) is 5.92 Å². The summed E-state index contributed by atoms with van der Waals surface area (Å²) in [5.41, 5.74) is 0.912. The molecule has 2 heterocycles. The maximum absolute atomic E-state index is 12.0. The van der Waals surface area contributed by atoms with Crippen molar-refractivity contribution in [3.05, 3.63) is 11.8 Å². The Bertz CT molecular complexity index is 399. The van der Waals surface area contributed by atoms with Crippen LogP contribution in [0.25, 0.3) is 0 Å². The molecule has 1 aromatic heterocycles. The summed E-state index contributed by atoms with van der Waals surface area (Å²) in [4.78, 5) is 12.0. The van der Waals surface area contributed by atoms with Gasteiger partial charge in [0.05, 0.1) is 11.6 Å². The zero-order chi connectivity index (χ0) is 11.7. The molecule has 0 saturated carbocycles. The van der Waals surface area contributed by atoms with Crippen LogP contribution in [-0.2, 0) is 11.8 Å². The molecule has 2 atom stereocenters. The lowest BCUT2D eigenvalue weighted by Gasteiger charge is -2.13. The van der Waals surface area contributed by atoms with Crippen molar-refractivity contribution in [2.24, 2.45) is 18.9 Å². The predicted octanol–water partition coefficient (Wildman–Crippen LogP) is 0.523. The molecule has 2 rings (SSSR count). The van der Waals surface area contributed by atoms with E-state index in [1.165, 1.54) is 0 Å². The number of amides is 1. The van der Waals surface area contributed by atoms with Gasteiger partial charge >= 0.3 is 0 Å². The molecule has 5 heteroatoms. The van der Waals surface area contributed by atoms with E-state index >= 15 is 0 Å². The molecule has 2 N–H and O–H groups in total. The van der Waals surface area contributed by atoms with E-state index in [1.807, 2.05) is 20.0 Å². The number of carbonyl (C=O) groups excluding carboxylic acids is 1. The molecule has 1 fully saturated rings. The summed E-state index contributed by atoms with van der Waals surface area (Å²) in [6.07, 6.45) is 0. The van der Waals surface area contributed by atoms with Crippen LogP contribution in [0.15, 0.2) is 6.07 Å². The average Bonchev–Trinajstić information content (AvgIpc) is 2.74. The molecule has 1 amide bonds. The minimum absolute atomic E-state index is 0.0650. The van der Waals surface area contributed by atoms with Gasteiger partial charge in [-0.15, -0.1) is 0 Å². The molecule has 1 aliphatic rings. The summed E-state index contributed by atoms with van der Waals surface area (Å²) >= 11 is 0. The molecule has 16 heavy (non-hydrogen) atoms. The Morgan fingerprint density at radius 3 is 2.88 bits per heavy atom. The molecule has 5 nitrogen and oxygen atoms in total. The van der Waals surface area contributed by atoms with Crippen molar-refractivity contribution < 1.29 is 4.79 Å². The van der Waals surface area contributed by atoms with Gasteiger partial charge in [0.15, 0.2) is 0 Å². The molecule has 2 unspecified atom stereocenters. The van der Waals surface area contributed by atoms with Gasteiger partial charge in [-0.25, -0.2) is 0 Å². The average molecular weight is 222 g/mol. The largest absolute Gasteiger partial charge is 0.316 e. The number of anilines is 1. The van der Waals surface area contributed by atoms with Crippen molar-refractivity contribution in [1.29, 1.82) is 0 Å². The molecular weight excluding hydrogens is 204 g/mol. The van der Waals surface area contributed by atoms with E-state index < -0.39 is 0 Å². The second-order valence-electron chi connectivity index (χ2n) is 4.53. The third-order valence-electron chi connectivity index (χ3n) is 3.11. The summed E-state index contributed by atoms with van der Waals surface area (Å²) in [5, 5.41) is 10.3. The molecule has 0 aromatic carbocycles. The van der Waals surface area contributed by atoms with Crippen LogP contribution in [0.2, 0.25) is 0 Å². The van der Waals surface area contributed by atoms with E-state index in [1.54, 1.807) is 4.68 Å².